The summed E-state index contributed by atoms with van der Waals surface area (Å²) >= 11 is 0. The molecule has 1 saturated heterocycles. The molecule has 0 aromatic carbocycles. The van der Waals surface area contributed by atoms with E-state index in [0.29, 0.717) is 5.69 Å². The van der Waals surface area contributed by atoms with Crippen molar-refractivity contribution in [1.29, 1.82) is 0 Å². The van der Waals surface area contributed by atoms with Crippen LogP contribution in [0.5, 0.6) is 0 Å². The Morgan fingerprint density at radius 2 is 2.14 bits per heavy atom. The smallest absolute Gasteiger partial charge is 0.347 e. The Labute approximate surface area is 119 Å². The Morgan fingerprint density at radius 1 is 1.43 bits per heavy atom. The van der Waals surface area contributed by atoms with Gasteiger partial charge in [0.25, 0.3) is 0 Å². The van der Waals surface area contributed by atoms with Crippen molar-refractivity contribution < 1.29 is 24.8 Å². The number of aromatic nitrogens is 2. The fraction of sp³-hybridized carbons (Fsp3) is 0.636. The van der Waals surface area contributed by atoms with Gasteiger partial charge >= 0.3 is 5.69 Å². The number of nitrogens with one attached hydrogen (secondary N) is 1. The first-order chi connectivity index (χ1) is 9.92. The minimum Gasteiger partial charge on any atom is -0.394 e. The van der Waals surface area contributed by atoms with Gasteiger partial charge in [-0.25, -0.2) is 4.79 Å². The maximum atomic E-state index is 11.2. The van der Waals surface area contributed by atoms with Crippen LogP contribution >= 0.6 is 0 Å². The van der Waals surface area contributed by atoms with E-state index in [9.17, 15) is 15.0 Å². The Kier molecular flexibility index (Phi) is 4.88. The van der Waals surface area contributed by atoms with E-state index in [4.69, 9.17) is 26.0 Å². The van der Waals surface area contributed by atoms with Gasteiger partial charge in [0.05, 0.1) is 19.3 Å². The van der Waals surface area contributed by atoms with Gasteiger partial charge < -0.3 is 41.2 Å². The van der Waals surface area contributed by atoms with Gasteiger partial charge in [-0.3, -0.25) is 0 Å². The molecule has 1 fully saturated rings. The maximum absolute atomic E-state index is 11.2. The van der Waals surface area contributed by atoms with Crippen LogP contribution in [0.2, 0.25) is 0 Å². The molecule has 2 rings (SSSR count). The first kappa shape index (κ1) is 15.8. The number of hydrogen-bond acceptors (Lipinski definition) is 9. The van der Waals surface area contributed by atoms with Crippen LogP contribution in [0.25, 0.3) is 0 Å². The molecule has 21 heavy (non-hydrogen) atoms. The Hall–Kier alpha value is -1.56. The highest BCUT2D eigenvalue weighted by molar-refractivity contribution is 5.27. The van der Waals surface area contributed by atoms with Crippen LogP contribution in [0.1, 0.15) is 5.69 Å². The van der Waals surface area contributed by atoms with E-state index in [1.54, 1.807) is 0 Å². The number of ether oxygens (including phenoxy) is 2. The molecular weight excluding hydrogens is 284 g/mol. The normalized spacial score (nSPS) is 33.0. The van der Waals surface area contributed by atoms with E-state index in [1.807, 2.05) is 0 Å². The average Bonchev–Trinajstić information content (AvgIpc) is 2.43. The van der Waals surface area contributed by atoms with E-state index in [-0.39, 0.29) is 12.4 Å². The Bertz CT molecular complexity index is 536. The van der Waals surface area contributed by atoms with Crippen molar-refractivity contribution in [1.82, 2.24) is 9.97 Å². The summed E-state index contributed by atoms with van der Waals surface area (Å²) < 4.78 is 10.6. The molecule has 8 N–H and O–H groups in total. The van der Waals surface area contributed by atoms with Crippen molar-refractivity contribution >= 4 is 5.82 Å². The summed E-state index contributed by atoms with van der Waals surface area (Å²) in [6, 6.07) is 0.401. The van der Waals surface area contributed by atoms with E-state index in [2.05, 4.69) is 9.97 Å². The summed E-state index contributed by atoms with van der Waals surface area (Å²) in [6.07, 6.45) is -4.67. The van der Waals surface area contributed by atoms with Gasteiger partial charge in [0.15, 0.2) is 6.29 Å². The topological polar surface area (TPSA) is 177 Å². The number of nitrogens with zero attached hydrogens (tertiary/aromatic N) is 1. The van der Waals surface area contributed by atoms with Crippen LogP contribution in [0.15, 0.2) is 10.9 Å². The second-order valence-electron chi connectivity index (χ2n) is 4.73. The fourth-order valence-electron chi connectivity index (χ4n) is 2.03. The molecule has 0 saturated carbocycles. The lowest BCUT2D eigenvalue weighted by atomic mass is 9.98. The predicted molar refractivity (Wildman–Crippen MR) is 69.8 cm³/mol. The van der Waals surface area contributed by atoms with Gasteiger partial charge in [-0.2, -0.15) is 4.98 Å². The monoisotopic (exact) mass is 302 g/mol. The number of aromatic amines is 1. The van der Waals surface area contributed by atoms with Crippen molar-refractivity contribution in [2.75, 3.05) is 12.3 Å². The highest BCUT2D eigenvalue weighted by atomic mass is 16.7. The molecule has 0 radical (unpaired) electrons. The Morgan fingerprint density at radius 3 is 2.76 bits per heavy atom. The molecule has 0 amide bonds. The number of anilines is 1. The van der Waals surface area contributed by atoms with E-state index in [1.165, 1.54) is 6.07 Å². The summed E-state index contributed by atoms with van der Waals surface area (Å²) in [6.45, 7) is -0.592. The molecule has 10 nitrogen and oxygen atoms in total. The quantitative estimate of drug-likeness (QED) is 0.331. The molecule has 1 aliphatic heterocycles. The molecule has 10 heteroatoms. The predicted octanol–water partition coefficient (Wildman–Crippen LogP) is -3.36. The summed E-state index contributed by atoms with van der Waals surface area (Å²) in [5.41, 5.74) is 10.9. The third-order valence-corrected chi connectivity index (χ3v) is 3.15. The van der Waals surface area contributed by atoms with Crippen LogP contribution < -0.4 is 17.2 Å². The van der Waals surface area contributed by atoms with Crippen molar-refractivity contribution in [3.05, 3.63) is 22.2 Å². The number of H-pyrrole nitrogens is 1. The third-order valence-electron chi connectivity index (χ3n) is 3.15. The zero-order valence-electron chi connectivity index (χ0n) is 11.0. The number of aliphatic hydroxyl groups is 3. The minimum absolute atomic E-state index is 0.0369. The summed E-state index contributed by atoms with van der Waals surface area (Å²) in [5, 5.41) is 28.5. The van der Waals surface area contributed by atoms with Crippen molar-refractivity contribution in [2.45, 2.75) is 37.3 Å². The van der Waals surface area contributed by atoms with E-state index in [0.717, 1.165) is 0 Å². The van der Waals surface area contributed by atoms with Crippen LogP contribution in [-0.4, -0.2) is 62.5 Å². The van der Waals surface area contributed by atoms with E-state index < -0.39 is 42.9 Å². The first-order valence-corrected chi connectivity index (χ1v) is 6.27. The molecule has 0 aliphatic carbocycles. The zero-order valence-corrected chi connectivity index (χ0v) is 11.0. The van der Waals surface area contributed by atoms with Crippen LogP contribution in [0.4, 0.5) is 5.82 Å². The lowest BCUT2D eigenvalue weighted by Crippen LogP contribution is -2.62. The SMILES string of the molecule is Nc1cc(COC2O[C@H](CO)[C@@H](O)[C@H](O)[C@H]2N)[nH]c(=O)n1. The standard InChI is InChI=1S/C11H18N4O6/c12-6-1-4(14-11(19)15-6)3-20-10-7(13)9(18)8(17)5(2-16)21-10/h1,5,7-10,16-18H,2-3,13H2,(H3,12,14,15,19)/t5-,7-,8-,9-,10?/m1/s1. The molecule has 0 spiro atoms. The van der Waals surface area contributed by atoms with Gasteiger partial charge in [0.1, 0.15) is 24.1 Å². The summed E-state index contributed by atoms with van der Waals surface area (Å²) in [7, 11) is 0. The van der Waals surface area contributed by atoms with Crippen molar-refractivity contribution in [3.8, 4) is 0 Å². The van der Waals surface area contributed by atoms with Crippen LogP contribution in [0, 0.1) is 0 Å². The summed E-state index contributed by atoms with van der Waals surface area (Å²) in [5.74, 6) is 0.0369. The largest absolute Gasteiger partial charge is 0.394 e. The fourth-order valence-corrected chi connectivity index (χ4v) is 2.03. The molecule has 1 aromatic rings. The molecule has 118 valence electrons. The van der Waals surface area contributed by atoms with Crippen LogP contribution in [-0.2, 0) is 16.1 Å². The number of nitrogen functional groups attached to an aromatic ring is 1. The van der Waals surface area contributed by atoms with Gasteiger partial charge in [-0.1, -0.05) is 0 Å². The maximum Gasteiger partial charge on any atom is 0.347 e. The highest BCUT2D eigenvalue weighted by Gasteiger charge is 2.42. The second-order valence-corrected chi connectivity index (χ2v) is 4.73. The van der Waals surface area contributed by atoms with Gasteiger partial charge in [0, 0.05) is 11.8 Å². The molecule has 0 bridgehead atoms. The van der Waals surface area contributed by atoms with Gasteiger partial charge in [-0.15, -0.1) is 0 Å². The second kappa shape index (κ2) is 6.47. The van der Waals surface area contributed by atoms with Gasteiger partial charge in [-0.05, 0) is 0 Å². The van der Waals surface area contributed by atoms with Gasteiger partial charge in [0.2, 0.25) is 0 Å². The molecule has 1 aliphatic rings. The lowest BCUT2D eigenvalue weighted by Gasteiger charge is -2.40. The number of nitrogens with two attached hydrogens (primary N) is 2. The molecule has 2 heterocycles. The van der Waals surface area contributed by atoms with Crippen molar-refractivity contribution in [3.63, 3.8) is 0 Å². The zero-order chi connectivity index (χ0) is 15.6. The molecule has 1 aromatic heterocycles. The van der Waals surface area contributed by atoms with Crippen molar-refractivity contribution in [2.24, 2.45) is 5.73 Å². The average molecular weight is 302 g/mol. The third kappa shape index (κ3) is 3.56. The van der Waals surface area contributed by atoms with E-state index >= 15 is 0 Å². The number of hydrogen-bond donors (Lipinski definition) is 6. The Balaban J connectivity index is 2.03. The first-order valence-electron chi connectivity index (χ1n) is 6.27. The summed E-state index contributed by atoms with van der Waals surface area (Å²) in [4.78, 5) is 17.0. The molecular formula is C11H18N4O6. The molecule has 5 atom stereocenters. The highest BCUT2D eigenvalue weighted by Crippen LogP contribution is 2.21. The number of rotatable bonds is 4. The minimum atomic E-state index is -1.30. The van der Waals surface area contributed by atoms with Crippen LogP contribution in [0.3, 0.4) is 0 Å². The number of aliphatic hydroxyl groups excluding tert-OH is 3. The molecule has 1 unspecified atom stereocenters. The lowest BCUT2D eigenvalue weighted by molar-refractivity contribution is -0.269.